The highest BCUT2D eigenvalue weighted by atomic mass is 16.5. The third kappa shape index (κ3) is 4.81. The van der Waals surface area contributed by atoms with E-state index in [2.05, 4.69) is 26.9 Å². The van der Waals surface area contributed by atoms with E-state index in [4.69, 9.17) is 9.47 Å². The number of anilines is 1. The van der Waals surface area contributed by atoms with Crippen molar-refractivity contribution in [3.8, 4) is 11.5 Å². The summed E-state index contributed by atoms with van der Waals surface area (Å²) >= 11 is 0. The first-order valence-corrected chi connectivity index (χ1v) is 10.6. The van der Waals surface area contributed by atoms with Crippen molar-refractivity contribution < 1.29 is 14.6 Å². The number of aromatic nitrogens is 1. The molecule has 4 rings (SSSR count). The summed E-state index contributed by atoms with van der Waals surface area (Å²) in [7, 11) is 3.32. The summed E-state index contributed by atoms with van der Waals surface area (Å²) < 4.78 is 10.8. The Morgan fingerprint density at radius 3 is 2.35 bits per heavy atom. The van der Waals surface area contributed by atoms with Gasteiger partial charge in [-0.3, -0.25) is 9.88 Å². The molecule has 2 heterocycles. The summed E-state index contributed by atoms with van der Waals surface area (Å²) in [5.74, 6) is 1.51. The van der Waals surface area contributed by atoms with Crippen LogP contribution in [-0.4, -0.2) is 55.4 Å². The summed E-state index contributed by atoms with van der Waals surface area (Å²) in [5, 5.41) is 10.9. The van der Waals surface area contributed by atoms with Gasteiger partial charge in [0.2, 0.25) is 0 Å². The van der Waals surface area contributed by atoms with Crippen molar-refractivity contribution in [2.75, 3.05) is 45.3 Å². The van der Waals surface area contributed by atoms with E-state index in [0.29, 0.717) is 5.69 Å². The Kier molecular flexibility index (Phi) is 6.70. The maximum Gasteiger partial charge on any atom is 0.161 e. The number of para-hydroxylation sites is 1. The van der Waals surface area contributed by atoms with Gasteiger partial charge in [0, 0.05) is 50.2 Å². The second-order valence-corrected chi connectivity index (χ2v) is 7.67. The van der Waals surface area contributed by atoms with Gasteiger partial charge in [-0.2, -0.15) is 0 Å². The average Bonchev–Trinajstić information content (AvgIpc) is 2.84. The van der Waals surface area contributed by atoms with Crippen LogP contribution in [0.15, 0.2) is 66.9 Å². The topological polar surface area (TPSA) is 58.1 Å². The van der Waals surface area contributed by atoms with Crippen molar-refractivity contribution in [2.24, 2.45) is 0 Å². The lowest BCUT2D eigenvalue weighted by atomic mass is 10.0. The molecule has 3 aromatic rings. The first-order chi connectivity index (χ1) is 15.2. The van der Waals surface area contributed by atoms with E-state index in [1.54, 1.807) is 20.4 Å². The molecule has 6 heteroatoms. The van der Waals surface area contributed by atoms with Crippen molar-refractivity contribution in [1.82, 2.24) is 9.88 Å². The van der Waals surface area contributed by atoms with Gasteiger partial charge in [-0.05, 0) is 35.9 Å². The Morgan fingerprint density at radius 1 is 0.903 bits per heavy atom. The first-order valence-electron chi connectivity index (χ1n) is 10.6. The SMILES string of the molecule is COc1ccc(CN2CCN(c3ccccc3C(O)c3ccccn3)CC2)cc1OC. The maximum absolute atomic E-state index is 10.9. The number of ether oxygens (including phenoxy) is 2. The van der Waals surface area contributed by atoms with Crippen molar-refractivity contribution >= 4 is 5.69 Å². The van der Waals surface area contributed by atoms with Crippen molar-refractivity contribution in [2.45, 2.75) is 12.6 Å². The van der Waals surface area contributed by atoms with Crippen LogP contribution in [-0.2, 0) is 6.54 Å². The van der Waals surface area contributed by atoms with E-state index in [0.717, 1.165) is 55.5 Å². The smallest absolute Gasteiger partial charge is 0.161 e. The maximum atomic E-state index is 10.9. The highest BCUT2D eigenvalue weighted by Crippen LogP contribution is 2.31. The summed E-state index contributed by atoms with van der Waals surface area (Å²) in [6.45, 7) is 4.57. The monoisotopic (exact) mass is 419 g/mol. The lowest BCUT2D eigenvalue weighted by molar-refractivity contribution is 0.214. The molecule has 1 atom stereocenters. The van der Waals surface area contributed by atoms with Gasteiger partial charge in [0.25, 0.3) is 0 Å². The predicted octanol–water partition coefficient (Wildman–Crippen LogP) is 3.50. The van der Waals surface area contributed by atoms with E-state index < -0.39 is 6.10 Å². The molecule has 1 unspecified atom stereocenters. The molecule has 0 radical (unpaired) electrons. The van der Waals surface area contributed by atoms with E-state index in [1.165, 1.54) is 5.56 Å². The fourth-order valence-electron chi connectivity index (χ4n) is 4.09. The van der Waals surface area contributed by atoms with E-state index in [-0.39, 0.29) is 0 Å². The molecule has 0 amide bonds. The number of piperazine rings is 1. The molecule has 31 heavy (non-hydrogen) atoms. The average molecular weight is 420 g/mol. The molecule has 1 aromatic heterocycles. The second kappa shape index (κ2) is 9.81. The van der Waals surface area contributed by atoms with Crippen molar-refractivity contribution in [1.29, 1.82) is 0 Å². The quantitative estimate of drug-likeness (QED) is 0.633. The predicted molar refractivity (Wildman–Crippen MR) is 122 cm³/mol. The number of rotatable bonds is 7. The fraction of sp³-hybridized carbons (Fsp3) is 0.320. The normalized spacial score (nSPS) is 15.5. The fourth-order valence-corrected chi connectivity index (χ4v) is 4.09. The number of nitrogens with zero attached hydrogens (tertiary/aromatic N) is 3. The third-order valence-electron chi connectivity index (χ3n) is 5.77. The third-order valence-corrected chi connectivity index (χ3v) is 5.77. The van der Waals surface area contributed by atoms with Crippen LogP contribution in [0.1, 0.15) is 22.9 Å². The summed E-state index contributed by atoms with van der Waals surface area (Å²) in [6, 6.07) is 19.8. The van der Waals surface area contributed by atoms with Gasteiger partial charge >= 0.3 is 0 Å². The van der Waals surface area contributed by atoms with Crippen LogP contribution in [0.5, 0.6) is 11.5 Å². The Hall–Kier alpha value is -3.09. The number of methoxy groups -OCH3 is 2. The van der Waals surface area contributed by atoms with Gasteiger partial charge in [0.1, 0.15) is 6.10 Å². The minimum Gasteiger partial charge on any atom is -0.493 e. The number of hydrogen-bond acceptors (Lipinski definition) is 6. The Balaban J connectivity index is 1.43. The molecule has 1 aliphatic heterocycles. The van der Waals surface area contributed by atoms with Gasteiger partial charge in [0.15, 0.2) is 11.5 Å². The van der Waals surface area contributed by atoms with Crippen molar-refractivity contribution in [3.63, 3.8) is 0 Å². The van der Waals surface area contributed by atoms with Crippen LogP contribution in [0.2, 0.25) is 0 Å². The van der Waals surface area contributed by atoms with Gasteiger partial charge in [-0.15, -0.1) is 0 Å². The molecule has 0 bridgehead atoms. The zero-order valence-corrected chi connectivity index (χ0v) is 18.1. The van der Waals surface area contributed by atoms with E-state index >= 15 is 0 Å². The first kappa shape index (κ1) is 21.2. The molecular formula is C25H29N3O3. The molecule has 0 spiro atoms. The number of hydrogen-bond donors (Lipinski definition) is 1. The molecule has 1 fully saturated rings. The van der Waals surface area contributed by atoms with Crippen LogP contribution >= 0.6 is 0 Å². The Morgan fingerprint density at radius 2 is 1.65 bits per heavy atom. The molecular weight excluding hydrogens is 390 g/mol. The largest absolute Gasteiger partial charge is 0.493 e. The number of benzene rings is 2. The van der Waals surface area contributed by atoms with Gasteiger partial charge in [-0.1, -0.05) is 30.3 Å². The minimum absolute atomic E-state index is 0.669. The molecule has 2 aromatic carbocycles. The van der Waals surface area contributed by atoms with E-state index in [1.807, 2.05) is 48.5 Å². The lowest BCUT2D eigenvalue weighted by Gasteiger charge is -2.37. The van der Waals surface area contributed by atoms with Crippen molar-refractivity contribution in [3.05, 3.63) is 83.7 Å². The standard InChI is InChI=1S/C25H29N3O3/c1-30-23-11-10-19(17-24(23)31-2)18-27-13-15-28(16-14-27)22-9-4-3-7-20(22)25(29)21-8-5-6-12-26-21/h3-12,17,25,29H,13-16,18H2,1-2H3. The zero-order valence-electron chi connectivity index (χ0n) is 18.1. The molecule has 1 saturated heterocycles. The van der Waals surface area contributed by atoms with E-state index in [9.17, 15) is 5.11 Å². The van der Waals surface area contributed by atoms with Gasteiger partial charge < -0.3 is 19.5 Å². The summed E-state index contributed by atoms with van der Waals surface area (Å²) in [5.41, 5.74) is 3.85. The zero-order chi connectivity index (χ0) is 21.6. The number of pyridine rings is 1. The molecule has 0 saturated carbocycles. The minimum atomic E-state index is -0.734. The van der Waals surface area contributed by atoms with Gasteiger partial charge in [-0.25, -0.2) is 0 Å². The van der Waals surface area contributed by atoms with Crippen LogP contribution in [0.4, 0.5) is 5.69 Å². The summed E-state index contributed by atoms with van der Waals surface area (Å²) in [4.78, 5) is 9.12. The molecule has 162 valence electrons. The summed E-state index contributed by atoms with van der Waals surface area (Å²) in [6.07, 6.45) is 0.982. The number of aliphatic hydroxyl groups is 1. The molecule has 1 N–H and O–H groups in total. The van der Waals surface area contributed by atoms with Crippen LogP contribution in [0, 0.1) is 0 Å². The lowest BCUT2D eigenvalue weighted by Crippen LogP contribution is -2.46. The molecule has 0 aliphatic carbocycles. The highest BCUT2D eigenvalue weighted by Gasteiger charge is 2.23. The Labute approximate surface area is 183 Å². The molecule has 1 aliphatic rings. The van der Waals surface area contributed by atoms with Crippen LogP contribution in [0.3, 0.4) is 0 Å². The second-order valence-electron chi connectivity index (χ2n) is 7.67. The number of aliphatic hydroxyl groups excluding tert-OH is 1. The van der Waals surface area contributed by atoms with Crippen LogP contribution in [0.25, 0.3) is 0 Å². The highest BCUT2D eigenvalue weighted by molar-refractivity contribution is 5.56. The molecule has 6 nitrogen and oxygen atoms in total. The van der Waals surface area contributed by atoms with Crippen LogP contribution < -0.4 is 14.4 Å². The van der Waals surface area contributed by atoms with Gasteiger partial charge in [0.05, 0.1) is 19.9 Å². The Bertz CT molecular complexity index is 988.